The second kappa shape index (κ2) is 9.70. The molecule has 1 aliphatic heterocycles. The Morgan fingerprint density at radius 1 is 0.969 bits per heavy atom. The topological polar surface area (TPSA) is 49.4 Å². The van der Waals surface area contributed by atoms with E-state index in [-0.39, 0.29) is 28.0 Å². The van der Waals surface area contributed by atoms with Gasteiger partial charge in [-0.3, -0.25) is 9.59 Å². The largest absolute Gasteiger partial charge is 0.354 e. The highest BCUT2D eigenvalue weighted by molar-refractivity contribution is 8.00. The van der Waals surface area contributed by atoms with Gasteiger partial charge in [-0.1, -0.05) is 84.0 Å². The minimum Gasteiger partial charge on any atom is -0.354 e. The van der Waals surface area contributed by atoms with Gasteiger partial charge in [0.2, 0.25) is 5.91 Å². The van der Waals surface area contributed by atoms with Crippen molar-refractivity contribution in [1.29, 1.82) is 0 Å². The van der Waals surface area contributed by atoms with E-state index in [9.17, 15) is 9.59 Å². The van der Waals surface area contributed by atoms with Gasteiger partial charge in [0.25, 0.3) is 5.91 Å². The molecule has 0 saturated carbocycles. The summed E-state index contributed by atoms with van der Waals surface area (Å²) in [5.41, 5.74) is 2.91. The van der Waals surface area contributed by atoms with Crippen LogP contribution in [0.3, 0.4) is 0 Å². The Labute approximate surface area is 197 Å². The van der Waals surface area contributed by atoms with E-state index in [0.29, 0.717) is 17.9 Å². The molecule has 1 saturated heterocycles. The number of carbonyl (C=O) groups excluding carboxylic acids is 2. The number of nitrogens with one attached hydrogen (secondary N) is 1. The van der Waals surface area contributed by atoms with Crippen LogP contribution in [0.4, 0.5) is 0 Å². The lowest BCUT2D eigenvalue weighted by molar-refractivity contribution is -0.125. The molecule has 2 aromatic rings. The van der Waals surface area contributed by atoms with Crippen LogP contribution in [0.25, 0.3) is 0 Å². The average Bonchev–Trinajstić information content (AvgIpc) is 3.19. The summed E-state index contributed by atoms with van der Waals surface area (Å²) in [6, 6.07) is 17.5. The van der Waals surface area contributed by atoms with E-state index in [2.05, 4.69) is 59.0 Å². The smallest absolute Gasteiger partial charge is 0.255 e. The number of amides is 2. The second-order valence-corrected chi connectivity index (χ2v) is 11.7. The normalized spacial score (nSPS) is 19.1. The van der Waals surface area contributed by atoms with E-state index >= 15 is 0 Å². The molecule has 4 nitrogen and oxygen atoms in total. The summed E-state index contributed by atoms with van der Waals surface area (Å²) in [6.07, 6.45) is 0.775. The average molecular weight is 453 g/mol. The summed E-state index contributed by atoms with van der Waals surface area (Å²) in [5.74, 6) is 0.476. The minimum atomic E-state index is -0.463. The van der Waals surface area contributed by atoms with Crippen molar-refractivity contribution in [3.05, 3.63) is 71.3 Å². The highest BCUT2D eigenvalue weighted by Gasteiger charge is 2.46. The second-order valence-electron chi connectivity index (χ2n) is 10.6. The van der Waals surface area contributed by atoms with Crippen molar-refractivity contribution in [2.24, 2.45) is 5.41 Å². The lowest BCUT2D eigenvalue weighted by Gasteiger charge is -2.36. The van der Waals surface area contributed by atoms with Crippen LogP contribution < -0.4 is 5.32 Å². The molecular weight excluding hydrogens is 416 g/mol. The molecular formula is C27H36N2O2S. The molecule has 1 N–H and O–H groups in total. The molecule has 172 valence electrons. The molecule has 2 unspecified atom stereocenters. The fourth-order valence-electron chi connectivity index (χ4n) is 3.98. The van der Waals surface area contributed by atoms with Crippen molar-refractivity contribution in [3.8, 4) is 0 Å². The number of hydrogen-bond acceptors (Lipinski definition) is 3. The van der Waals surface area contributed by atoms with E-state index in [1.54, 1.807) is 11.8 Å². The maximum atomic E-state index is 13.6. The molecule has 0 bridgehead atoms. The van der Waals surface area contributed by atoms with Crippen molar-refractivity contribution >= 4 is 23.6 Å². The molecule has 0 aliphatic carbocycles. The first-order valence-corrected chi connectivity index (χ1v) is 12.4. The number of benzene rings is 2. The number of nitrogens with zero attached hydrogens (tertiary/aromatic N) is 1. The van der Waals surface area contributed by atoms with Crippen LogP contribution in [-0.4, -0.2) is 40.4 Å². The van der Waals surface area contributed by atoms with Crippen LogP contribution >= 0.6 is 11.8 Å². The number of rotatable bonds is 5. The molecule has 1 fully saturated rings. The van der Waals surface area contributed by atoms with Gasteiger partial charge in [0, 0.05) is 17.9 Å². The molecule has 32 heavy (non-hydrogen) atoms. The van der Waals surface area contributed by atoms with Crippen molar-refractivity contribution in [2.45, 2.75) is 64.8 Å². The van der Waals surface area contributed by atoms with Crippen LogP contribution in [0.1, 0.15) is 63.0 Å². The maximum absolute atomic E-state index is 13.6. The van der Waals surface area contributed by atoms with Crippen molar-refractivity contribution in [3.63, 3.8) is 0 Å². The highest BCUT2D eigenvalue weighted by Crippen LogP contribution is 2.41. The molecule has 0 spiro atoms. The summed E-state index contributed by atoms with van der Waals surface area (Å²) in [7, 11) is 0. The molecule has 2 amide bonds. The van der Waals surface area contributed by atoms with Gasteiger partial charge in [-0.2, -0.15) is 0 Å². The van der Waals surface area contributed by atoms with Gasteiger partial charge >= 0.3 is 0 Å². The molecule has 3 rings (SSSR count). The Balaban J connectivity index is 1.76. The van der Waals surface area contributed by atoms with Gasteiger partial charge in [-0.15, -0.1) is 11.8 Å². The summed E-state index contributed by atoms with van der Waals surface area (Å²) in [4.78, 5) is 28.5. The van der Waals surface area contributed by atoms with E-state index in [0.717, 1.165) is 6.42 Å². The quantitative estimate of drug-likeness (QED) is 0.672. The molecule has 2 aromatic carbocycles. The number of thioether (sulfide) groups is 1. The number of carbonyl (C=O) groups is 2. The van der Waals surface area contributed by atoms with Crippen LogP contribution in [0.2, 0.25) is 0 Å². The zero-order chi connectivity index (χ0) is 23.5. The minimum absolute atomic E-state index is 0.0280. The van der Waals surface area contributed by atoms with Crippen LogP contribution in [0.5, 0.6) is 0 Å². The van der Waals surface area contributed by atoms with Crippen molar-refractivity contribution in [1.82, 2.24) is 10.2 Å². The molecule has 0 radical (unpaired) electrons. The lowest BCUT2D eigenvalue weighted by Crippen LogP contribution is -2.52. The first kappa shape index (κ1) is 24.4. The predicted octanol–water partition coefficient (Wildman–Crippen LogP) is 5.27. The van der Waals surface area contributed by atoms with Gasteiger partial charge in [-0.25, -0.2) is 0 Å². The third-order valence-electron chi connectivity index (χ3n) is 5.83. The van der Waals surface area contributed by atoms with Gasteiger partial charge < -0.3 is 10.2 Å². The Kier molecular flexibility index (Phi) is 7.39. The van der Waals surface area contributed by atoms with Gasteiger partial charge in [0.1, 0.15) is 6.04 Å². The number of hydrogen-bond donors (Lipinski definition) is 1. The van der Waals surface area contributed by atoms with Crippen molar-refractivity contribution in [2.75, 3.05) is 12.3 Å². The predicted molar refractivity (Wildman–Crippen MR) is 134 cm³/mol. The Hall–Kier alpha value is -2.27. The van der Waals surface area contributed by atoms with Gasteiger partial charge in [0.15, 0.2) is 0 Å². The zero-order valence-corrected chi connectivity index (χ0v) is 21.0. The fraction of sp³-hybridized carbons (Fsp3) is 0.481. The standard InChI is InChI=1S/C27H36N2O2S/c1-26(2,3)21-14-12-20(13-15-21)24(31)29-22(18-32-25(29)27(4,5)6)23(30)28-17-16-19-10-8-7-9-11-19/h7-15,22,25H,16-18H2,1-6H3,(H,28,30). The first-order valence-electron chi connectivity index (χ1n) is 11.3. The SMILES string of the molecule is CC(C)(C)c1ccc(C(=O)N2C(C(=O)NCCc3ccccc3)CSC2C(C)(C)C)cc1. The lowest BCUT2D eigenvalue weighted by atomic mass is 9.86. The summed E-state index contributed by atoms with van der Waals surface area (Å²) >= 11 is 1.70. The molecule has 1 heterocycles. The first-order chi connectivity index (χ1) is 15.0. The van der Waals surface area contributed by atoms with Crippen molar-refractivity contribution < 1.29 is 9.59 Å². The van der Waals surface area contributed by atoms with E-state index in [1.807, 2.05) is 47.4 Å². The highest BCUT2D eigenvalue weighted by atomic mass is 32.2. The van der Waals surface area contributed by atoms with Gasteiger partial charge in [-0.05, 0) is 40.5 Å². The monoisotopic (exact) mass is 452 g/mol. The third-order valence-corrected chi connectivity index (χ3v) is 7.59. The zero-order valence-electron chi connectivity index (χ0n) is 20.1. The van der Waals surface area contributed by atoms with E-state index < -0.39 is 6.04 Å². The maximum Gasteiger partial charge on any atom is 0.255 e. The summed E-state index contributed by atoms with van der Waals surface area (Å²) in [5, 5.41) is 3.01. The molecule has 0 aromatic heterocycles. The van der Waals surface area contributed by atoms with Crippen LogP contribution in [-0.2, 0) is 16.6 Å². The van der Waals surface area contributed by atoms with E-state index in [1.165, 1.54) is 11.1 Å². The van der Waals surface area contributed by atoms with Crippen LogP contribution in [0, 0.1) is 5.41 Å². The molecule has 2 atom stereocenters. The fourth-order valence-corrected chi connectivity index (χ4v) is 5.56. The van der Waals surface area contributed by atoms with Crippen LogP contribution in [0.15, 0.2) is 54.6 Å². The summed E-state index contributed by atoms with van der Waals surface area (Å²) in [6.45, 7) is 13.4. The Morgan fingerprint density at radius 2 is 1.59 bits per heavy atom. The molecule has 5 heteroatoms. The summed E-state index contributed by atoms with van der Waals surface area (Å²) < 4.78 is 0. The Morgan fingerprint density at radius 3 is 2.16 bits per heavy atom. The van der Waals surface area contributed by atoms with E-state index in [4.69, 9.17) is 0 Å². The van der Waals surface area contributed by atoms with Gasteiger partial charge in [0.05, 0.1) is 5.37 Å². The molecule has 1 aliphatic rings. The Bertz CT molecular complexity index is 927. The third kappa shape index (κ3) is 5.74.